The van der Waals surface area contributed by atoms with Gasteiger partial charge in [0.15, 0.2) is 0 Å². The zero-order chi connectivity index (χ0) is 17.4. The van der Waals surface area contributed by atoms with Crippen LogP contribution in [0.1, 0.15) is 45.7 Å². The van der Waals surface area contributed by atoms with E-state index >= 15 is 0 Å². The molecule has 2 aromatic carbocycles. The molecule has 2 aromatic rings. The van der Waals surface area contributed by atoms with E-state index in [-0.39, 0.29) is 0 Å². The summed E-state index contributed by atoms with van der Waals surface area (Å²) in [6.45, 7) is 17.7. The summed E-state index contributed by atoms with van der Waals surface area (Å²) >= 11 is 0. The molecule has 0 spiro atoms. The molecule has 124 valence electrons. The Bertz CT molecular complexity index is 784. The molecule has 0 heterocycles. The lowest BCUT2D eigenvalue weighted by atomic mass is 9.83. The Morgan fingerprint density at radius 2 is 1.58 bits per heavy atom. The third-order valence-corrected chi connectivity index (χ3v) is 5.40. The average Bonchev–Trinajstić information content (AvgIpc) is 2.74. The van der Waals surface area contributed by atoms with Crippen LogP contribution in [0.3, 0.4) is 0 Å². The van der Waals surface area contributed by atoms with Crippen molar-refractivity contribution in [2.75, 3.05) is 0 Å². The second-order valence-electron chi connectivity index (χ2n) is 7.57. The first kappa shape index (κ1) is 16.8. The molecule has 1 fully saturated rings. The van der Waals surface area contributed by atoms with Gasteiger partial charge in [0.2, 0.25) is 0 Å². The van der Waals surface area contributed by atoms with Gasteiger partial charge in [-0.25, -0.2) is 0 Å². The second-order valence-corrected chi connectivity index (χ2v) is 7.57. The Morgan fingerprint density at radius 3 is 2.21 bits per heavy atom. The third kappa shape index (κ3) is 3.11. The lowest BCUT2D eigenvalue weighted by Crippen LogP contribution is -2.07. The van der Waals surface area contributed by atoms with Crippen LogP contribution in [-0.4, -0.2) is 0 Å². The summed E-state index contributed by atoms with van der Waals surface area (Å²) in [5, 5.41) is 0. The maximum absolute atomic E-state index is 4.51. The second kappa shape index (κ2) is 6.43. The zero-order valence-electron chi connectivity index (χ0n) is 15.4. The smallest absolute Gasteiger partial charge is 0.0260 e. The maximum Gasteiger partial charge on any atom is 0.0260 e. The summed E-state index contributed by atoms with van der Waals surface area (Å²) in [5.74, 6) is 0.824. The Hall–Kier alpha value is -2.08. The van der Waals surface area contributed by atoms with Crippen LogP contribution in [0.5, 0.6) is 0 Å². The van der Waals surface area contributed by atoms with Gasteiger partial charge in [-0.1, -0.05) is 71.8 Å². The molecule has 1 aliphatic rings. The Balaban J connectivity index is 1.90. The van der Waals surface area contributed by atoms with E-state index in [1.54, 1.807) is 0 Å². The highest BCUT2D eigenvalue weighted by molar-refractivity contribution is 5.51. The van der Waals surface area contributed by atoms with Gasteiger partial charge in [0.25, 0.3) is 0 Å². The molecule has 0 aliphatic heterocycles. The van der Waals surface area contributed by atoms with Crippen molar-refractivity contribution in [1.82, 2.24) is 0 Å². The topological polar surface area (TPSA) is 0 Å². The Morgan fingerprint density at radius 1 is 0.917 bits per heavy atom. The quantitative estimate of drug-likeness (QED) is 0.576. The van der Waals surface area contributed by atoms with Gasteiger partial charge < -0.3 is 0 Å². The summed E-state index contributed by atoms with van der Waals surface area (Å²) in [5.41, 5.74) is 10.9. The number of rotatable bonds is 3. The lowest BCUT2D eigenvalue weighted by molar-refractivity contribution is 0.651. The predicted molar refractivity (Wildman–Crippen MR) is 105 cm³/mol. The van der Waals surface area contributed by atoms with E-state index in [0.717, 1.165) is 12.8 Å². The lowest BCUT2D eigenvalue weighted by Gasteiger charge is -2.21. The van der Waals surface area contributed by atoms with Crippen molar-refractivity contribution >= 4 is 0 Å². The van der Waals surface area contributed by atoms with Crippen molar-refractivity contribution in [1.29, 1.82) is 0 Å². The van der Waals surface area contributed by atoms with Crippen LogP contribution in [0.4, 0.5) is 0 Å². The van der Waals surface area contributed by atoms with Crippen molar-refractivity contribution in [2.24, 2.45) is 5.92 Å². The summed E-state index contributed by atoms with van der Waals surface area (Å²) in [7, 11) is 0. The van der Waals surface area contributed by atoms with E-state index < -0.39 is 0 Å². The Kier molecular flexibility index (Phi) is 4.49. The van der Waals surface area contributed by atoms with Crippen LogP contribution < -0.4 is 0 Å². The van der Waals surface area contributed by atoms with E-state index in [2.05, 4.69) is 77.3 Å². The number of aryl methyl sites for hydroxylation is 4. The van der Waals surface area contributed by atoms with Crippen molar-refractivity contribution < 1.29 is 0 Å². The average molecular weight is 316 g/mol. The van der Waals surface area contributed by atoms with E-state index in [0.29, 0.717) is 11.8 Å². The Labute approximate surface area is 146 Å². The number of hydrogen-bond donors (Lipinski definition) is 0. The molecule has 1 saturated carbocycles. The minimum absolute atomic E-state index is 0.320. The zero-order valence-corrected chi connectivity index (χ0v) is 15.4. The minimum Gasteiger partial charge on any atom is -0.0989 e. The molecule has 0 saturated heterocycles. The molecule has 0 aromatic heterocycles. The fourth-order valence-electron chi connectivity index (χ4n) is 4.43. The highest BCUT2D eigenvalue weighted by atomic mass is 14.4. The number of hydrogen-bond acceptors (Lipinski definition) is 0. The van der Waals surface area contributed by atoms with Crippen LogP contribution in [0, 0.1) is 33.6 Å². The maximum atomic E-state index is 4.51. The van der Waals surface area contributed by atoms with Gasteiger partial charge in [-0.05, 0) is 68.7 Å². The molecule has 0 bridgehead atoms. The van der Waals surface area contributed by atoms with Gasteiger partial charge >= 0.3 is 0 Å². The minimum atomic E-state index is 0.320. The van der Waals surface area contributed by atoms with E-state index in [1.165, 1.54) is 44.5 Å². The van der Waals surface area contributed by atoms with Crippen LogP contribution in [0.15, 0.2) is 60.7 Å². The first-order valence-electron chi connectivity index (χ1n) is 8.86. The molecule has 0 heteroatoms. The van der Waals surface area contributed by atoms with Crippen molar-refractivity contribution in [2.45, 2.75) is 46.5 Å². The fourth-order valence-corrected chi connectivity index (χ4v) is 4.43. The molecule has 2 atom stereocenters. The van der Waals surface area contributed by atoms with Crippen molar-refractivity contribution in [3.05, 3.63) is 94.1 Å². The summed E-state index contributed by atoms with van der Waals surface area (Å²) in [6.07, 6.45) is 2.13. The number of allylic oxidation sites excluding steroid dienone is 2. The molecule has 1 aliphatic carbocycles. The molecule has 0 N–H and O–H groups in total. The summed E-state index contributed by atoms with van der Waals surface area (Å²) in [4.78, 5) is 0. The normalized spacial score (nSPS) is 20.7. The summed E-state index contributed by atoms with van der Waals surface area (Å²) < 4.78 is 0. The van der Waals surface area contributed by atoms with Gasteiger partial charge in [0.1, 0.15) is 0 Å². The largest absolute Gasteiger partial charge is 0.0989 e. The molecule has 3 rings (SSSR count). The monoisotopic (exact) mass is 316 g/mol. The van der Waals surface area contributed by atoms with Crippen molar-refractivity contribution in [3.8, 4) is 0 Å². The van der Waals surface area contributed by atoms with E-state index in [9.17, 15) is 0 Å². The highest BCUT2D eigenvalue weighted by Gasteiger charge is 2.34. The van der Waals surface area contributed by atoms with Crippen LogP contribution >= 0.6 is 0 Å². The van der Waals surface area contributed by atoms with Crippen molar-refractivity contribution in [3.63, 3.8) is 0 Å². The van der Waals surface area contributed by atoms with Gasteiger partial charge in [0.05, 0.1) is 0 Å². The van der Waals surface area contributed by atoms with E-state index in [1.807, 2.05) is 0 Å². The standard InChI is InChI=1S/C24H28/c1-15-8-7-9-21(12-15)14-22-13-19(5)24(20(22)6)23-17(3)10-16(2)11-18(23)4/h7-12,22,24H,5-6,13-14H2,1-4H3. The first-order chi connectivity index (χ1) is 11.4. The van der Waals surface area contributed by atoms with Gasteiger partial charge in [-0.3, -0.25) is 0 Å². The van der Waals surface area contributed by atoms with Gasteiger partial charge in [-0.15, -0.1) is 0 Å². The van der Waals surface area contributed by atoms with Crippen LogP contribution in [-0.2, 0) is 6.42 Å². The fraction of sp³-hybridized carbons (Fsp3) is 0.333. The molecule has 0 radical (unpaired) electrons. The third-order valence-electron chi connectivity index (χ3n) is 5.40. The summed E-state index contributed by atoms with van der Waals surface area (Å²) in [6, 6.07) is 13.4. The van der Waals surface area contributed by atoms with Crippen LogP contribution in [0.25, 0.3) is 0 Å². The SMILES string of the molecule is C=C1CC(Cc2cccc(C)c2)C(=C)C1c1c(C)cc(C)cc1C. The molecular weight excluding hydrogens is 288 g/mol. The van der Waals surface area contributed by atoms with Gasteiger partial charge in [0, 0.05) is 5.92 Å². The van der Waals surface area contributed by atoms with Crippen LogP contribution in [0.2, 0.25) is 0 Å². The number of benzene rings is 2. The molecule has 0 amide bonds. The predicted octanol–water partition coefficient (Wildman–Crippen LogP) is 6.38. The molecule has 24 heavy (non-hydrogen) atoms. The highest BCUT2D eigenvalue weighted by Crippen LogP contribution is 2.48. The van der Waals surface area contributed by atoms with Gasteiger partial charge in [-0.2, -0.15) is 0 Å². The molecular formula is C24H28. The molecule has 0 nitrogen and oxygen atoms in total. The molecule has 2 unspecified atom stereocenters. The van der Waals surface area contributed by atoms with E-state index in [4.69, 9.17) is 0 Å². The first-order valence-corrected chi connectivity index (χ1v) is 8.86.